The van der Waals surface area contributed by atoms with Crippen molar-refractivity contribution in [2.24, 2.45) is 0 Å². The third-order valence-corrected chi connectivity index (χ3v) is 5.71. The average molecular weight is 471 g/mol. The van der Waals surface area contributed by atoms with Crippen LogP contribution in [0.2, 0.25) is 10.0 Å². The summed E-state index contributed by atoms with van der Waals surface area (Å²) in [4.78, 5) is 36.3. The van der Waals surface area contributed by atoms with Crippen LogP contribution in [0.25, 0.3) is 10.1 Å². The van der Waals surface area contributed by atoms with Gasteiger partial charge in [-0.15, -0.1) is 11.3 Å². The normalized spacial score (nSPS) is 10.5. The minimum Gasteiger partial charge on any atom is -0.496 e. The molecule has 156 valence electrons. The number of fused-ring (bicyclic) bond motifs is 1. The van der Waals surface area contributed by atoms with Gasteiger partial charge in [0.25, 0.3) is 11.8 Å². The summed E-state index contributed by atoms with van der Waals surface area (Å²) in [6.45, 7) is -0.676. The van der Waals surface area contributed by atoms with Crippen LogP contribution >= 0.6 is 34.5 Å². The van der Waals surface area contributed by atoms with Gasteiger partial charge in [0.2, 0.25) is 0 Å². The number of rotatable bonds is 5. The van der Waals surface area contributed by atoms with Crippen molar-refractivity contribution in [2.45, 2.75) is 0 Å². The molecule has 0 saturated carbocycles. The number of carbonyl (C=O) groups excluding carboxylic acids is 3. The van der Waals surface area contributed by atoms with Gasteiger partial charge in [-0.05, 0) is 36.4 Å². The molecular formula is C19H13Cl2FN2O5S. The highest BCUT2D eigenvalue weighted by Crippen LogP contribution is 2.36. The van der Waals surface area contributed by atoms with E-state index in [0.717, 1.165) is 11.3 Å². The maximum absolute atomic E-state index is 13.3. The molecule has 0 aliphatic carbocycles. The van der Waals surface area contributed by atoms with Crippen molar-refractivity contribution < 1.29 is 28.2 Å². The molecule has 0 fully saturated rings. The van der Waals surface area contributed by atoms with Crippen LogP contribution in [0, 0.1) is 5.82 Å². The topological polar surface area (TPSA) is 93.7 Å². The van der Waals surface area contributed by atoms with Crippen molar-refractivity contribution in [3.05, 3.63) is 62.7 Å². The van der Waals surface area contributed by atoms with Gasteiger partial charge in [0, 0.05) is 15.1 Å². The highest BCUT2D eigenvalue weighted by molar-refractivity contribution is 7.21. The Labute approximate surface area is 183 Å². The standard InChI is InChI=1S/C19H13Cl2FN2O5S/c1-28-13-5-2-9(20)6-12(13)18(26)24-23-15(25)8-29-19(27)17-16(21)11-4-3-10(22)7-14(11)30-17/h2-7H,8H2,1H3,(H,23,25)(H,24,26). The second kappa shape index (κ2) is 9.29. The number of thiophene rings is 1. The quantitative estimate of drug-likeness (QED) is 0.434. The molecule has 2 N–H and O–H groups in total. The Bertz CT molecular complexity index is 1150. The average Bonchev–Trinajstić information content (AvgIpc) is 3.05. The molecule has 2 amide bonds. The van der Waals surface area contributed by atoms with Crippen LogP contribution in [0.5, 0.6) is 5.75 Å². The second-order valence-electron chi connectivity index (χ2n) is 5.81. The monoisotopic (exact) mass is 470 g/mol. The van der Waals surface area contributed by atoms with E-state index in [1.807, 2.05) is 0 Å². The van der Waals surface area contributed by atoms with Gasteiger partial charge in [-0.25, -0.2) is 9.18 Å². The van der Waals surface area contributed by atoms with E-state index >= 15 is 0 Å². The van der Waals surface area contributed by atoms with Gasteiger partial charge < -0.3 is 9.47 Å². The lowest BCUT2D eigenvalue weighted by molar-refractivity contribution is -0.125. The first kappa shape index (κ1) is 21.8. The molecule has 11 heteroatoms. The zero-order valence-electron chi connectivity index (χ0n) is 15.3. The van der Waals surface area contributed by atoms with Gasteiger partial charge in [0.1, 0.15) is 16.4 Å². The van der Waals surface area contributed by atoms with Gasteiger partial charge in [0.05, 0.1) is 17.7 Å². The number of esters is 1. The van der Waals surface area contributed by atoms with Crippen LogP contribution in [-0.2, 0) is 9.53 Å². The number of hydrazine groups is 1. The fraction of sp³-hybridized carbons (Fsp3) is 0.105. The summed E-state index contributed by atoms with van der Waals surface area (Å²) in [5, 5.41) is 0.922. The first-order valence-corrected chi connectivity index (χ1v) is 9.84. The Balaban J connectivity index is 1.57. The van der Waals surface area contributed by atoms with E-state index in [1.54, 1.807) is 6.07 Å². The molecule has 3 aromatic rings. The molecule has 0 bridgehead atoms. The highest BCUT2D eigenvalue weighted by Gasteiger charge is 2.20. The Morgan fingerprint density at radius 2 is 1.87 bits per heavy atom. The van der Waals surface area contributed by atoms with Gasteiger partial charge in [0.15, 0.2) is 6.61 Å². The smallest absolute Gasteiger partial charge is 0.350 e. The van der Waals surface area contributed by atoms with Gasteiger partial charge in [-0.2, -0.15) is 0 Å². The summed E-state index contributed by atoms with van der Waals surface area (Å²) in [6, 6.07) is 8.33. The third kappa shape index (κ3) is 4.81. The lowest BCUT2D eigenvalue weighted by Crippen LogP contribution is -2.43. The molecule has 0 aliphatic rings. The number of amides is 2. The molecule has 30 heavy (non-hydrogen) atoms. The van der Waals surface area contributed by atoms with Crippen LogP contribution in [0.1, 0.15) is 20.0 Å². The molecule has 2 aromatic carbocycles. The van der Waals surface area contributed by atoms with Crippen molar-refractivity contribution in [1.29, 1.82) is 0 Å². The third-order valence-electron chi connectivity index (χ3n) is 3.83. The lowest BCUT2D eigenvalue weighted by atomic mass is 10.2. The maximum Gasteiger partial charge on any atom is 0.350 e. The Kier molecular flexibility index (Phi) is 6.76. The molecule has 0 atom stereocenters. The van der Waals surface area contributed by atoms with E-state index in [9.17, 15) is 18.8 Å². The zero-order valence-corrected chi connectivity index (χ0v) is 17.6. The molecule has 1 aromatic heterocycles. The summed E-state index contributed by atoms with van der Waals surface area (Å²) >= 11 is 12.9. The van der Waals surface area contributed by atoms with Gasteiger partial charge in [-0.1, -0.05) is 23.2 Å². The number of hydrogen-bond acceptors (Lipinski definition) is 6. The highest BCUT2D eigenvalue weighted by atomic mass is 35.5. The number of carbonyl (C=O) groups is 3. The molecule has 0 unspecified atom stereocenters. The van der Waals surface area contributed by atoms with Gasteiger partial charge in [-0.3, -0.25) is 20.4 Å². The molecule has 0 saturated heterocycles. The number of halogens is 3. The number of methoxy groups -OCH3 is 1. The Hall–Kier alpha value is -2.88. The van der Waals surface area contributed by atoms with Crippen LogP contribution in [0.15, 0.2) is 36.4 Å². The fourth-order valence-corrected chi connectivity index (χ4v) is 4.05. The van der Waals surface area contributed by atoms with Crippen molar-refractivity contribution in [3.63, 3.8) is 0 Å². The maximum atomic E-state index is 13.3. The predicted octanol–water partition coefficient (Wildman–Crippen LogP) is 3.97. The fourth-order valence-electron chi connectivity index (χ4n) is 2.45. The summed E-state index contributed by atoms with van der Waals surface area (Å²) in [5.41, 5.74) is 4.39. The van der Waals surface area contributed by atoms with Crippen molar-refractivity contribution in [3.8, 4) is 5.75 Å². The minimum atomic E-state index is -0.848. The number of hydrogen-bond donors (Lipinski definition) is 2. The number of benzene rings is 2. The summed E-state index contributed by atoms with van der Waals surface area (Å²) < 4.78 is 23.8. The molecular weight excluding hydrogens is 458 g/mol. The first-order valence-electron chi connectivity index (χ1n) is 8.27. The van der Waals surface area contributed by atoms with E-state index in [1.165, 1.54) is 37.4 Å². The molecule has 0 spiro atoms. The molecule has 7 nitrogen and oxygen atoms in total. The molecule has 1 heterocycles. The van der Waals surface area contributed by atoms with Crippen molar-refractivity contribution in [2.75, 3.05) is 13.7 Å². The van der Waals surface area contributed by atoms with Crippen molar-refractivity contribution >= 4 is 62.4 Å². The lowest BCUT2D eigenvalue weighted by Gasteiger charge is -2.10. The van der Waals surface area contributed by atoms with E-state index in [-0.39, 0.29) is 21.2 Å². The van der Waals surface area contributed by atoms with Crippen molar-refractivity contribution in [1.82, 2.24) is 10.9 Å². The minimum absolute atomic E-state index is 0.0396. The summed E-state index contributed by atoms with van der Waals surface area (Å²) in [6.07, 6.45) is 0. The largest absolute Gasteiger partial charge is 0.496 e. The molecule has 3 rings (SSSR count). The van der Waals surface area contributed by atoms with Gasteiger partial charge >= 0.3 is 5.97 Å². The molecule has 0 radical (unpaired) electrons. The second-order valence-corrected chi connectivity index (χ2v) is 7.68. The summed E-state index contributed by atoms with van der Waals surface area (Å²) in [7, 11) is 1.38. The first-order chi connectivity index (χ1) is 14.3. The number of nitrogens with one attached hydrogen (secondary N) is 2. The molecule has 0 aliphatic heterocycles. The Morgan fingerprint density at radius 1 is 1.10 bits per heavy atom. The predicted molar refractivity (Wildman–Crippen MR) is 111 cm³/mol. The SMILES string of the molecule is COc1ccc(Cl)cc1C(=O)NNC(=O)COC(=O)c1sc2cc(F)ccc2c1Cl. The van der Waals surface area contributed by atoms with Crippen LogP contribution in [0.4, 0.5) is 4.39 Å². The van der Waals surface area contributed by atoms with E-state index in [2.05, 4.69) is 10.9 Å². The Morgan fingerprint density at radius 3 is 2.60 bits per heavy atom. The van der Waals surface area contributed by atoms with Crippen LogP contribution in [0.3, 0.4) is 0 Å². The van der Waals surface area contributed by atoms with Crippen LogP contribution in [-0.4, -0.2) is 31.5 Å². The summed E-state index contributed by atoms with van der Waals surface area (Å²) in [5.74, 6) is -2.52. The van der Waals surface area contributed by atoms with E-state index in [4.69, 9.17) is 32.7 Å². The van der Waals surface area contributed by atoms with Crippen LogP contribution < -0.4 is 15.6 Å². The van der Waals surface area contributed by atoms with E-state index < -0.39 is 30.2 Å². The van der Waals surface area contributed by atoms with E-state index in [0.29, 0.717) is 15.1 Å². The number of ether oxygens (including phenoxy) is 2. The zero-order chi connectivity index (χ0) is 21.8.